The van der Waals surface area contributed by atoms with Gasteiger partial charge in [0.15, 0.2) is 12.3 Å². The fourth-order valence-corrected chi connectivity index (χ4v) is 5.60. The minimum absolute atomic E-state index is 0.202. The first-order chi connectivity index (χ1) is 22.4. The molecule has 0 spiro atoms. The fourth-order valence-electron chi connectivity index (χ4n) is 5.60. The topological polar surface area (TPSA) is 150 Å². The second-order valence-electron chi connectivity index (χ2n) is 12.1. The summed E-state index contributed by atoms with van der Waals surface area (Å²) in [5, 5.41) is 14.2. The van der Waals surface area contributed by atoms with Crippen LogP contribution in [0.4, 0.5) is 4.79 Å². The quantitative estimate of drug-likeness (QED) is 0.219. The van der Waals surface area contributed by atoms with E-state index in [1.54, 1.807) is 35.0 Å². The molecule has 0 radical (unpaired) electrons. The monoisotopic (exact) mass is 645 g/mol. The van der Waals surface area contributed by atoms with E-state index in [9.17, 15) is 19.5 Å². The standard InChI is InChI=1S/C35H39N3O9/c1-34(2,3)37-33(42)47-30-27(46-31(29(30)40)38-20-19-28(39)36-32(38)41)21-45-35(22-9-7-6-8-10-22,23-11-15-25(43-4)16-12-23)24-13-17-26(44-5)18-14-24/h6-20,27,29-31,40H,21H2,1-5H3,(H,37,42)(H,36,39,41)/t27-,29?,30?,31-/m0/s1. The molecule has 0 bridgehead atoms. The van der Waals surface area contributed by atoms with Crippen LogP contribution in [0.25, 0.3) is 0 Å². The molecule has 4 aromatic rings. The predicted octanol–water partition coefficient (Wildman–Crippen LogP) is 3.71. The van der Waals surface area contributed by atoms with Crippen LogP contribution in [0.2, 0.25) is 0 Å². The summed E-state index contributed by atoms with van der Waals surface area (Å²) in [7, 11) is 3.17. The Morgan fingerprint density at radius 1 is 0.872 bits per heavy atom. The number of aliphatic hydroxyl groups excluding tert-OH is 1. The molecule has 47 heavy (non-hydrogen) atoms. The number of carbonyl (C=O) groups excluding carboxylic acids is 1. The maximum absolute atomic E-state index is 13.0. The Bertz CT molecular complexity index is 1720. The van der Waals surface area contributed by atoms with Gasteiger partial charge in [0.25, 0.3) is 5.56 Å². The van der Waals surface area contributed by atoms with Crippen LogP contribution in [0, 0.1) is 0 Å². The lowest BCUT2D eigenvalue weighted by molar-refractivity contribution is -0.0967. The van der Waals surface area contributed by atoms with E-state index < -0.39 is 53.0 Å². The van der Waals surface area contributed by atoms with Crippen LogP contribution in [0.5, 0.6) is 11.5 Å². The lowest BCUT2D eigenvalue weighted by atomic mass is 9.80. The van der Waals surface area contributed by atoms with Crippen molar-refractivity contribution in [1.82, 2.24) is 14.9 Å². The van der Waals surface area contributed by atoms with Crippen LogP contribution in [-0.2, 0) is 19.8 Å². The Kier molecular flexibility index (Phi) is 9.85. The molecule has 12 heteroatoms. The summed E-state index contributed by atoms with van der Waals surface area (Å²) in [6.45, 7) is 5.16. The molecule has 0 aliphatic carbocycles. The van der Waals surface area contributed by atoms with E-state index >= 15 is 0 Å². The van der Waals surface area contributed by atoms with E-state index in [4.69, 9.17) is 23.7 Å². The number of alkyl carbamates (subject to hydrolysis) is 1. The zero-order valence-electron chi connectivity index (χ0n) is 26.8. The first-order valence-corrected chi connectivity index (χ1v) is 15.1. The lowest BCUT2D eigenvalue weighted by Crippen LogP contribution is -2.47. The highest BCUT2D eigenvalue weighted by Crippen LogP contribution is 2.43. The zero-order chi connectivity index (χ0) is 33.8. The second kappa shape index (κ2) is 13.8. The Morgan fingerprint density at radius 2 is 1.43 bits per heavy atom. The molecule has 1 saturated heterocycles. The number of H-pyrrole nitrogens is 1. The maximum Gasteiger partial charge on any atom is 0.408 e. The third-order valence-electron chi connectivity index (χ3n) is 7.79. The van der Waals surface area contributed by atoms with Gasteiger partial charge >= 0.3 is 11.8 Å². The number of amides is 1. The van der Waals surface area contributed by atoms with E-state index in [1.807, 2.05) is 78.9 Å². The first-order valence-electron chi connectivity index (χ1n) is 15.1. The van der Waals surface area contributed by atoms with Crippen LogP contribution in [0.1, 0.15) is 43.7 Å². The average Bonchev–Trinajstić information content (AvgIpc) is 3.35. The predicted molar refractivity (Wildman–Crippen MR) is 173 cm³/mol. The number of hydrogen-bond acceptors (Lipinski definition) is 9. The number of hydrogen-bond donors (Lipinski definition) is 3. The number of rotatable bonds is 10. The van der Waals surface area contributed by atoms with Gasteiger partial charge < -0.3 is 34.1 Å². The molecule has 3 aromatic carbocycles. The van der Waals surface area contributed by atoms with Gasteiger partial charge in [-0.05, 0) is 61.7 Å². The molecule has 3 N–H and O–H groups in total. The summed E-state index contributed by atoms with van der Waals surface area (Å²) >= 11 is 0. The summed E-state index contributed by atoms with van der Waals surface area (Å²) < 4.78 is 30.8. The summed E-state index contributed by atoms with van der Waals surface area (Å²) in [4.78, 5) is 39.6. The zero-order valence-corrected chi connectivity index (χ0v) is 26.8. The van der Waals surface area contributed by atoms with Crippen LogP contribution in [0.15, 0.2) is 101 Å². The second-order valence-corrected chi connectivity index (χ2v) is 12.1. The van der Waals surface area contributed by atoms with Crippen molar-refractivity contribution < 1.29 is 33.6 Å². The minimum atomic E-state index is -1.49. The Hall–Kier alpha value is -4.91. The Labute approximate surface area is 271 Å². The summed E-state index contributed by atoms with van der Waals surface area (Å²) in [6, 6.07) is 25.6. The third kappa shape index (κ3) is 7.25. The number of methoxy groups -OCH3 is 2. The number of aromatic nitrogens is 2. The van der Waals surface area contributed by atoms with Crippen LogP contribution < -0.4 is 26.0 Å². The van der Waals surface area contributed by atoms with Crippen molar-refractivity contribution in [3.8, 4) is 11.5 Å². The molecule has 248 valence electrons. The smallest absolute Gasteiger partial charge is 0.408 e. The highest BCUT2D eigenvalue weighted by atomic mass is 16.6. The van der Waals surface area contributed by atoms with Crippen molar-refractivity contribution in [3.63, 3.8) is 0 Å². The van der Waals surface area contributed by atoms with Gasteiger partial charge in [-0.15, -0.1) is 0 Å². The summed E-state index contributed by atoms with van der Waals surface area (Å²) in [5.41, 5.74) is -0.981. The highest BCUT2D eigenvalue weighted by Gasteiger charge is 2.49. The van der Waals surface area contributed by atoms with Crippen molar-refractivity contribution in [1.29, 1.82) is 0 Å². The largest absolute Gasteiger partial charge is 0.497 e. The van der Waals surface area contributed by atoms with Crippen molar-refractivity contribution in [2.75, 3.05) is 20.8 Å². The van der Waals surface area contributed by atoms with Crippen molar-refractivity contribution in [2.45, 2.75) is 56.5 Å². The summed E-state index contributed by atoms with van der Waals surface area (Å²) in [5.74, 6) is 1.31. The number of nitrogens with zero attached hydrogens (tertiary/aromatic N) is 1. The van der Waals surface area contributed by atoms with Gasteiger partial charge in [0.05, 0.1) is 20.8 Å². The normalized spacial score (nSPS) is 19.6. The van der Waals surface area contributed by atoms with E-state index in [0.717, 1.165) is 27.3 Å². The summed E-state index contributed by atoms with van der Waals surface area (Å²) in [6.07, 6.45) is -4.68. The van der Waals surface area contributed by atoms with Crippen molar-refractivity contribution >= 4 is 6.09 Å². The van der Waals surface area contributed by atoms with Gasteiger partial charge in [0, 0.05) is 17.8 Å². The van der Waals surface area contributed by atoms with E-state index in [1.165, 1.54) is 6.20 Å². The number of aromatic amines is 1. The number of ether oxygens (including phenoxy) is 5. The molecular weight excluding hydrogens is 606 g/mol. The van der Waals surface area contributed by atoms with Crippen LogP contribution in [0.3, 0.4) is 0 Å². The number of aliphatic hydroxyl groups is 1. The maximum atomic E-state index is 13.0. The number of benzene rings is 3. The minimum Gasteiger partial charge on any atom is -0.497 e. The van der Waals surface area contributed by atoms with Gasteiger partial charge in [0.1, 0.15) is 29.3 Å². The molecule has 1 aliphatic rings. The average molecular weight is 646 g/mol. The van der Waals surface area contributed by atoms with E-state index in [-0.39, 0.29) is 6.61 Å². The van der Waals surface area contributed by atoms with Crippen molar-refractivity contribution in [2.24, 2.45) is 0 Å². The molecule has 0 saturated carbocycles. The van der Waals surface area contributed by atoms with Gasteiger partial charge in [-0.25, -0.2) is 9.59 Å². The fraction of sp³-hybridized carbons (Fsp3) is 0.343. The van der Waals surface area contributed by atoms with E-state index in [0.29, 0.717) is 11.5 Å². The van der Waals surface area contributed by atoms with Gasteiger partial charge in [-0.3, -0.25) is 14.3 Å². The molecule has 5 rings (SSSR count). The van der Waals surface area contributed by atoms with Gasteiger partial charge in [-0.1, -0.05) is 54.6 Å². The molecule has 1 aliphatic heterocycles. The molecule has 2 unspecified atom stereocenters. The SMILES string of the molecule is COc1ccc(C(OC[C@@H]2O[C@H](n3ccc(=O)[nH]c3=O)C(O)C2OC(=O)NC(C)(C)C)(c2ccccc2)c2ccc(OC)cc2)cc1. The molecule has 2 heterocycles. The Balaban J connectivity index is 1.59. The van der Waals surface area contributed by atoms with Gasteiger partial charge in [0.2, 0.25) is 0 Å². The highest BCUT2D eigenvalue weighted by molar-refractivity contribution is 5.68. The Morgan fingerprint density at radius 3 is 1.94 bits per heavy atom. The van der Waals surface area contributed by atoms with Crippen LogP contribution in [-0.4, -0.2) is 65.4 Å². The molecular formula is C35H39N3O9. The molecule has 12 nitrogen and oxygen atoms in total. The van der Waals surface area contributed by atoms with Crippen LogP contribution >= 0.6 is 0 Å². The number of nitrogens with one attached hydrogen (secondary N) is 2. The molecule has 1 aromatic heterocycles. The molecule has 1 amide bonds. The number of carbonyl (C=O) groups is 1. The van der Waals surface area contributed by atoms with E-state index in [2.05, 4.69) is 10.3 Å². The third-order valence-corrected chi connectivity index (χ3v) is 7.79. The van der Waals surface area contributed by atoms with Gasteiger partial charge in [-0.2, -0.15) is 0 Å². The molecule has 1 fully saturated rings. The van der Waals surface area contributed by atoms with Crippen molar-refractivity contribution in [3.05, 3.63) is 129 Å². The lowest BCUT2D eigenvalue weighted by Gasteiger charge is -2.37. The first kappa shape index (κ1) is 33.5. The molecule has 4 atom stereocenters.